The molecule has 0 saturated carbocycles. The lowest BCUT2D eigenvalue weighted by molar-refractivity contribution is -0.153. The van der Waals surface area contributed by atoms with E-state index in [1.54, 1.807) is 41.5 Å². The van der Waals surface area contributed by atoms with Crippen LogP contribution in [0.15, 0.2) is 0 Å². The Kier molecular flexibility index (Phi) is 5.38. The minimum absolute atomic E-state index is 0.0171. The molecular formula is C11H23O5P. The van der Waals surface area contributed by atoms with Crippen LogP contribution in [0.1, 0.15) is 41.5 Å². The zero-order valence-electron chi connectivity index (χ0n) is 11.4. The van der Waals surface area contributed by atoms with Crippen molar-refractivity contribution in [2.75, 3.05) is 13.2 Å². The minimum Gasteiger partial charge on any atom is -0.463 e. The van der Waals surface area contributed by atoms with Crippen LogP contribution in [0.3, 0.4) is 0 Å². The summed E-state index contributed by atoms with van der Waals surface area (Å²) in [7, 11) is -3.67. The molecule has 0 spiro atoms. The zero-order chi connectivity index (χ0) is 13.9. The summed E-state index contributed by atoms with van der Waals surface area (Å²) in [6, 6.07) is 0. The summed E-state index contributed by atoms with van der Waals surface area (Å²) in [5, 5.41) is -0.832. The molecule has 0 aromatic rings. The van der Waals surface area contributed by atoms with E-state index in [9.17, 15) is 14.3 Å². The third kappa shape index (κ3) is 5.66. The predicted octanol–water partition coefficient (Wildman–Crippen LogP) is 2.58. The van der Waals surface area contributed by atoms with Gasteiger partial charge in [0.15, 0.2) is 0 Å². The standard InChI is InChI=1S/C11H23O5P/c1-10(2,3)9(12)15-7-8-16-17(13,14)11(4,5)6/h7-8H2,1-6H3,(H,13,14). The summed E-state index contributed by atoms with van der Waals surface area (Å²) in [4.78, 5) is 20.9. The van der Waals surface area contributed by atoms with Crippen LogP contribution in [0.5, 0.6) is 0 Å². The molecule has 0 amide bonds. The van der Waals surface area contributed by atoms with Gasteiger partial charge in [-0.1, -0.05) is 0 Å². The predicted molar refractivity (Wildman–Crippen MR) is 65.9 cm³/mol. The Hall–Kier alpha value is -0.380. The summed E-state index contributed by atoms with van der Waals surface area (Å²) < 4.78 is 21.5. The van der Waals surface area contributed by atoms with Crippen LogP contribution >= 0.6 is 7.60 Å². The number of rotatable bonds is 4. The van der Waals surface area contributed by atoms with E-state index in [2.05, 4.69) is 0 Å². The van der Waals surface area contributed by atoms with Gasteiger partial charge < -0.3 is 14.2 Å². The van der Waals surface area contributed by atoms with Crippen molar-refractivity contribution >= 4 is 13.6 Å². The third-order valence-electron chi connectivity index (χ3n) is 2.04. The highest BCUT2D eigenvalue weighted by Crippen LogP contribution is 2.54. The van der Waals surface area contributed by atoms with Crippen LogP contribution in [0, 0.1) is 5.41 Å². The molecule has 17 heavy (non-hydrogen) atoms. The molecule has 0 aromatic carbocycles. The van der Waals surface area contributed by atoms with Crippen molar-refractivity contribution in [3.63, 3.8) is 0 Å². The second kappa shape index (κ2) is 5.51. The Balaban J connectivity index is 4.04. The van der Waals surface area contributed by atoms with Crippen LogP contribution in [0.2, 0.25) is 0 Å². The first-order chi connectivity index (χ1) is 7.38. The van der Waals surface area contributed by atoms with Gasteiger partial charge in [0, 0.05) is 0 Å². The van der Waals surface area contributed by atoms with E-state index in [0.29, 0.717) is 0 Å². The molecular weight excluding hydrogens is 243 g/mol. The van der Waals surface area contributed by atoms with Gasteiger partial charge in [0.2, 0.25) is 0 Å². The van der Waals surface area contributed by atoms with Crippen molar-refractivity contribution in [2.24, 2.45) is 5.41 Å². The van der Waals surface area contributed by atoms with E-state index in [1.807, 2.05) is 0 Å². The topological polar surface area (TPSA) is 72.8 Å². The smallest absolute Gasteiger partial charge is 0.333 e. The number of carbonyl (C=O) groups excluding carboxylic acids is 1. The largest absolute Gasteiger partial charge is 0.463 e. The Morgan fingerprint density at radius 3 is 1.94 bits per heavy atom. The fourth-order valence-electron chi connectivity index (χ4n) is 0.706. The molecule has 6 heteroatoms. The quantitative estimate of drug-likeness (QED) is 0.481. The van der Waals surface area contributed by atoms with E-state index in [0.717, 1.165) is 0 Å². The molecule has 1 atom stereocenters. The first kappa shape index (κ1) is 16.6. The Labute approximate surface area is 103 Å². The van der Waals surface area contributed by atoms with E-state index in [4.69, 9.17) is 9.26 Å². The van der Waals surface area contributed by atoms with Gasteiger partial charge >= 0.3 is 13.6 Å². The maximum Gasteiger partial charge on any atom is 0.333 e. The fraction of sp³-hybridized carbons (Fsp3) is 0.909. The van der Waals surface area contributed by atoms with Crippen molar-refractivity contribution in [1.82, 2.24) is 0 Å². The van der Waals surface area contributed by atoms with Gasteiger partial charge in [0.25, 0.3) is 0 Å². The highest BCUT2D eigenvalue weighted by atomic mass is 31.2. The molecule has 102 valence electrons. The van der Waals surface area contributed by atoms with E-state index in [-0.39, 0.29) is 19.2 Å². The Morgan fingerprint density at radius 2 is 1.59 bits per heavy atom. The molecule has 1 N–H and O–H groups in total. The van der Waals surface area contributed by atoms with Crippen molar-refractivity contribution in [1.29, 1.82) is 0 Å². The minimum atomic E-state index is -3.67. The molecule has 0 fully saturated rings. The normalized spacial score (nSPS) is 16.4. The lowest BCUT2D eigenvalue weighted by Gasteiger charge is -2.25. The lowest BCUT2D eigenvalue weighted by Crippen LogP contribution is -2.25. The number of esters is 1. The Bertz CT molecular complexity index is 311. The highest BCUT2D eigenvalue weighted by molar-refractivity contribution is 7.54. The third-order valence-corrected chi connectivity index (χ3v) is 4.27. The van der Waals surface area contributed by atoms with Gasteiger partial charge in [0.1, 0.15) is 6.61 Å². The monoisotopic (exact) mass is 266 g/mol. The van der Waals surface area contributed by atoms with Crippen LogP contribution in [0.4, 0.5) is 0 Å². The summed E-state index contributed by atoms with van der Waals surface area (Å²) >= 11 is 0. The van der Waals surface area contributed by atoms with Crippen molar-refractivity contribution in [3.8, 4) is 0 Å². The van der Waals surface area contributed by atoms with Crippen molar-refractivity contribution in [3.05, 3.63) is 0 Å². The average Bonchev–Trinajstić information content (AvgIpc) is 2.08. The molecule has 5 nitrogen and oxygen atoms in total. The molecule has 0 bridgehead atoms. The average molecular weight is 266 g/mol. The van der Waals surface area contributed by atoms with Crippen molar-refractivity contribution in [2.45, 2.75) is 46.7 Å². The lowest BCUT2D eigenvalue weighted by atomic mass is 9.97. The van der Waals surface area contributed by atoms with Crippen LogP contribution in [0.25, 0.3) is 0 Å². The molecule has 1 unspecified atom stereocenters. The van der Waals surface area contributed by atoms with Crippen LogP contribution in [-0.2, 0) is 18.6 Å². The number of ether oxygens (including phenoxy) is 1. The molecule has 0 aliphatic carbocycles. The SMILES string of the molecule is CC(C)(C)C(=O)OCCOP(=O)(O)C(C)(C)C. The van der Waals surface area contributed by atoms with E-state index < -0.39 is 18.2 Å². The van der Waals surface area contributed by atoms with Gasteiger partial charge in [-0.3, -0.25) is 9.36 Å². The summed E-state index contributed by atoms with van der Waals surface area (Å²) in [5.74, 6) is -0.357. The molecule has 0 saturated heterocycles. The van der Waals surface area contributed by atoms with Gasteiger partial charge in [0.05, 0.1) is 17.2 Å². The van der Waals surface area contributed by atoms with Gasteiger partial charge in [-0.15, -0.1) is 0 Å². The molecule has 0 rings (SSSR count). The number of carbonyl (C=O) groups is 1. The number of hydrogen-bond donors (Lipinski definition) is 1. The maximum absolute atomic E-state index is 11.7. The summed E-state index contributed by atoms with van der Waals surface area (Å²) in [6.07, 6.45) is 0. The zero-order valence-corrected chi connectivity index (χ0v) is 12.3. The number of hydrogen-bond acceptors (Lipinski definition) is 4. The molecule has 0 radical (unpaired) electrons. The second-order valence-corrected chi connectivity index (χ2v) is 8.55. The van der Waals surface area contributed by atoms with Gasteiger partial charge in [-0.25, -0.2) is 0 Å². The van der Waals surface area contributed by atoms with E-state index in [1.165, 1.54) is 0 Å². The molecule has 0 aliphatic rings. The second-order valence-electron chi connectivity index (χ2n) is 5.91. The summed E-state index contributed by atoms with van der Waals surface area (Å²) in [5.41, 5.74) is -0.576. The Morgan fingerprint density at radius 1 is 1.12 bits per heavy atom. The van der Waals surface area contributed by atoms with Gasteiger partial charge in [-0.05, 0) is 41.5 Å². The first-order valence-corrected chi connectivity index (χ1v) is 7.10. The van der Waals surface area contributed by atoms with Crippen molar-refractivity contribution < 1.29 is 23.5 Å². The first-order valence-electron chi connectivity index (χ1n) is 5.52. The van der Waals surface area contributed by atoms with Crippen LogP contribution in [-0.4, -0.2) is 29.2 Å². The summed E-state index contributed by atoms with van der Waals surface area (Å²) in [6.45, 7) is 9.98. The maximum atomic E-state index is 11.7. The highest BCUT2D eigenvalue weighted by Gasteiger charge is 2.36. The van der Waals surface area contributed by atoms with E-state index >= 15 is 0 Å². The van der Waals surface area contributed by atoms with Crippen LogP contribution < -0.4 is 0 Å². The molecule has 0 aliphatic heterocycles. The van der Waals surface area contributed by atoms with Gasteiger partial charge in [-0.2, -0.15) is 0 Å². The molecule has 0 heterocycles. The fourth-order valence-corrected chi connectivity index (χ4v) is 1.41. The molecule has 0 aromatic heterocycles.